The molecule has 0 radical (unpaired) electrons. The predicted octanol–water partition coefficient (Wildman–Crippen LogP) is 3.10. The maximum atomic E-state index is 12.4. The van der Waals surface area contributed by atoms with Crippen molar-refractivity contribution in [1.82, 2.24) is 5.32 Å². The van der Waals surface area contributed by atoms with E-state index in [2.05, 4.69) is 21.2 Å². The van der Waals surface area contributed by atoms with E-state index in [-0.39, 0.29) is 18.4 Å². The highest BCUT2D eigenvalue weighted by Crippen LogP contribution is 2.30. The number of halogens is 1. The van der Waals surface area contributed by atoms with Crippen molar-refractivity contribution < 1.29 is 19.1 Å². The van der Waals surface area contributed by atoms with Gasteiger partial charge in [-0.2, -0.15) is 0 Å². The molecule has 1 aliphatic rings. The summed E-state index contributed by atoms with van der Waals surface area (Å²) in [5.41, 5.74) is 2.92. The number of nitrogens with zero attached hydrogens (tertiary/aromatic N) is 1. The maximum Gasteiger partial charge on any atom is 0.240 e. The summed E-state index contributed by atoms with van der Waals surface area (Å²) in [5.74, 6) is 1.13. The van der Waals surface area contributed by atoms with Crippen LogP contribution >= 0.6 is 15.9 Å². The number of anilines is 1. The first kappa shape index (κ1) is 20.2. The van der Waals surface area contributed by atoms with Crippen molar-refractivity contribution in [3.8, 4) is 11.5 Å². The van der Waals surface area contributed by atoms with Crippen LogP contribution in [0.2, 0.25) is 0 Å². The molecular weight excluding hydrogens is 424 g/mol. The van der Waals surface area contributed by atoms with Crippen molar-refractivity contribution in [3.63, 3.8) is 0 Å². The number of aryl methyl sites for hydroxylation is 1. The first-order chi connectivity index (χ1) is 13.5. The molecule has 2 amide bonds. The zero-order chi connectivity index (χ0) is 20.1. The largest absolute Gasteiger partial charge is 0.493 e. The number of amides is 2. The second-order valence-electron chi connectivity index (χ2n) is 6.54. The molecule has 1 N–H and O–H groups in total. The van der Waals surface area contributed by atoms with Crippen molar-refractivity contribution in [2.75, 3.05) is 32.2 Å². The Kier molecular flexibility index (Phi) is 6.57. The van der Waals surface area contributed by atoms with Gasteiger partial charge >= 0.3 is 0 Å². The van der Waals surface area contributed by atoms with Crippen molar-refractivity contribution >= 4 is 33.4 Å². The Morgan fingerprint density at radius 3 is 2.64 bits per heavy atom. The number of benzene rings is 2. The van der Waals surface area contributed by atoms with E-state index >= 15 is 0 Å². The van der Waals surface area contributed by atoms with E-state index in [1.807, 2.05) is 36.4 Å². The van der Waals surface area contributed by atoms with Crippen LogP contribution in [0.1, 0.15) is 17.5 Å². The highest BCUT2D eigenvalue weighted by atomic mass is 79.9. The lowest BCUT2D eigenvalue weighted by Crippen LogP contribution is -2.43. The first-order valence-electron chi connectivity index (χ1n) is 9.08. The van der Waals surface area contributed by atoms with Crippen molar-refractivity contribution in [3.05, 3.63) is 52.0 Å². The molecule has 0 saturated carbocycles. The summed E-state index contributed by atoms with van der Waals surface area (Å²) in [6.07, 6.45) is 1.77. The average molecular weight is 447 g/mol. The standard InChI is InChI=1S/C21H23BrN2O4/c1-27-18-7-3-14(11-19(18)28-2)9-10-23-20(25)13-24-17-6-5-16(22)12-15(17)4-8-21(24)26/h3,5-7,11-12H,4,8-10,13H2,1-2H3,(H,23,25). The lowest BCUT2D eigenvalue weighted by molar-refractivity contribution is -0.124. The normalized spacial score (nSPS) is 13.1. The number of carbonyl (C=O) groups excluding carboxylic acids is 2. The van der Waals surface area contributed by atoms with Gasteiger partial charge in [0.05, 0.1) is 14.2 Å². The third-order valence-corrected chi connectivity index (χ3v) is 5.22. The average Bonchev–Trinajstić information content (AvgIpc) is 2.70. The molecule has 7 heteroatoms. The van der Waals surface area contributed by atoms with Crippen LogP contribution in [-0.4, -0.2) is 39.1 Å². The number of nitrogens with one attached hydrogen (secondary N) is 1. The molecule has 28 heavy (non-hydrogen) atoms. The number of hydrogen-bond acceptors (Lipinski definition) is 4. The van der Waals surface area contributed by atoms with Gasteiger partial charge in [0.1, 0.15) is 6.54 Å². The molecule has 148 valence electrons. The molecule has 0 aromatic heterocycles. The van der Waals surface area contributed by atoms with E-state index in [9.17, 15) is 9.59 Å². The van der Waals surface area contributed by atoms with Crippen LogP contribution in [0.25, 0.3) is 0 Å². The maximum absolute atomic E-state index is 12.4. The first-order valence-corrected chi connectivity index (χ1v) is 9.87. The Morgan fingerprint density at radius 1 is 1.11 bits per heavy atom. The number of carbonyl (C=O) groups is 2. The van der Waals surface area contributed by atoms with Crippen LogP contribution < -0.4 is 19.7 Å². The summed E-state index contributed by atoms with van der Waals surface area (Å²) in [6, 6.07) is 11.5. The number of methoxy groups -OCH3 is 2. The minimum absolute atomic E-state index is 0.0233. The van der Waals surface area contributed by atoms with E-state index in [0.717, 1.165) is 21.3 Å². The molecule has 1 heterocycles. The molecule has 3 rings (SSSR count). The van der Waals surface area contributed by atoms with Gasteiger partial charge in [-0.25, -0.2) is 0 Å². The van der Waals surface area contributed by atoms with Gasteiger partial charge in [-0.1, -0.05) is 22.0 Å². The smallest absolute Gasteiger partial charge is 0.240 e. The Labute approximate surface area is 172 Å². The third kappa shape index (κ3) is 4.65. The molecule has 0 atom stereocenters. The Bertz CT molecular complexity index is 885. The molecule has 0 saturated heterocycles. The topological polar surface area (TPSA) is 67.9 Å². The van der Waals surface area contributed by atoms with Gasteiger partial charge in [0.2, 0.25) is 11.8 Å². The Balaban J connectivity index is 1.57. The molecule has 2 aromatic carbocycles. The number of ether oxygens (including phenoxy) is 2. The zero-order valence-electron chi connectivity index (χ0n) is 16.0. The minimum atomic E-state index is -0.176. The Hall–Kier alpha value is -2.54. The van der Waals surface area contributed by atoms with Gasteiger partial charge in [-0.15, -0.1) is 0 Å². The van der Waals surface area contributed by atoms with Gasteiger partial charge in [-0.05, 0) is 54.3 Å². The van der Waals surface area contributed by atoms with Gasteiger partial charge < -0.3 is 19.7 Å². The molecule has 0 spiro atoms. The number of rotatable bonds is 7. The van der Waals surface area contributed by atoms with Gasteiger partial charge in [0.25, 0.3) is 0 Å². The van der Waals surface area contributed by atoms with Crippen LogP contribution in [0.5, 0.6) is 11.5 Å². The molecule has 0 fully saturated rings. The molecule has 6 nitrogen and oxygen atoms in total. The number of hydrogen-bond donors (Lipinski definition) is 1. The molecule has 0 unspecified atom stereocenters. The van der Waals surface area contributed by atoms with Crippen LogP contribution in [0.4, 0.5) is 5.69 Å². The third-order valence-electron chi connectivity index (χ3n) is 4.73. The fraction of sp³-hybridized carbons (Fsp3) is 0.333. The minimum Gasteiger partial charge on any atom is -0.493 e. The van der Waals surface area contributed by atoms with Crippen molar-refractivity contribution in [1.29, 1.82) is 0 Å². The van der Waals surface area contributed by atoms with E-state index in [1.54, 1.807) is 19.1 Å². The second kappa shape index (κ2) is 9.10. The van der Waals surface area contributed by atoms with Crippen molar-refractivity contribution in [2.24, 2.45) is 0 Å². The summed E-state index contributed by atoms with van der Waals surface area (Å²) < 4.78 is 11.5. The molecule has 1 aliphatic heterocycles. The summed E-state index contributed by atoms with van der Waals surface area (Å²) in [5, 5.41) is 2.89. The fourth-order valence-corrected chi connectivity index (χ4v) is 3.69. The summed E-state index contributed by atoms with van der Waals surface area (Å²) >= 11 is 3.45. The van der Waals surface area contributed by atoms with E-state index < -0.39 is 0 Å². The summed E-state index contributed by atoms with van der Waals surface area (Å²) in [7, 11) is 3.19. The quantitative estimate of drug-likeness (QED) is 0.709. The van der Waals surface area contributed by atoms with Crippen LogP contribution in [-0.2, 0) is 22.4 Å². The van der Waals surface area contributed by atoms with Gasteiger partial charge in [0.15, 0.2) is 11.5 Å². The fourth-order valence-electron chi connectivity index (χ4n) is 3.28. The Morgan fingerprint density at radius 2 is 1.89 bits per heavy atom. The molecule has 0 bridgehead atoms. The summed E-state index contributed by atoms with van der Waals surface area (Å²) in [6.45, 7) is 0.503. The van der Waals surface area contributed by atoms with Crippen LogP contribution in [0.3, 0.4) is 0 Å². The molecule has 0 aliphatic carbocycles. The van der Waals surface area contributed by atoms with Crippen LogP contribution in [0.15, 0.2) is 40.9 Å². The predicted molar refractivity (Wildman–Crippen MR) is 111 cm³/mol. The second-order valence-corrected chi connectivity index (χ2v) is 7.46. The van der Waals surface area contributed by atoms with E-state index in [0.29, 0.717) is 37.3 Å². The van der Waals surface area contributed by atoms with E-state index in [4.69, 9.17) is 9.47 Å². The lowest BCUT2D eigenvalue weighted by Gasteiger charge is -2.29. The monoisotopic (exact) mass is 446 g/mol. The van der Waals surface area contributed by atoms with Gasteiger partial charge in [0, 0.05) is 23.1 Å². The highest BCUT2D eigenvalue weighted by Gasteiger charge is 2.25. The molecular formula is C21H23BrN2O4. The van der Waals surface area contributed by atoms with Gasteiger partial charge in [-0.3, -0.25) is 9.59 Å². The molecule has 2 aromatic rings. The zero-order valence-corrected chi connectivity index (χ0v) is 17.5. The SMILES string of the molecule is COc1ccc(CCNC(=O)CN2C(=O)CCc3cc(Br)ccc32)cc1OC. The lowest BCUT2D eigenvalue weighted by atomic mass is 10.0. The highest BCUT2D eigenvalue weighted by molar-refractivity contribution is 9.10. The summed E-state index contributed by atoms with van der Waals surface area (Å²) in [4.78, 5) is 26.3. The van der Waals surface area contributed by atoms with Crippen molar-refractivity contribution in [2.45, 2.75) is 19.3 Å². The number of fused-ring (bicyclic) bond motifs is 1. The van der Waals surface area contributed by atoms with Crippen LogP contribution in [0, 0.1) is 0 Å². The van der Waals surface area contributed by atoms with E-state index in [1.165, 1.54) is 0 Å².